The van der Waals surface area contributed by atoms with Crippen molar-refractivity contribution in [2.75, 3.05) is 24.7 Å². The molecule has 2 heterocycles. The minimum absolute atomic E-state index is 0.0669. The smallest absolute Gasteiger partial charge is 0.486 e. The summed E-state index contributed by atoms with van der Waals surface area (Å²) in [5.41, 5.74) is -4.44. The van der Waals surface area contributed by atoms with E-state index >= 15 is 0 Å². The molecule has 0 spiro atoms. The second-order valence-corrected chi connectivity index (χ2v) is 8.58. The molecule has 150 valence electrons. The van der Waals surface area contributed by atoms with Gasteiger partial charge in [-0.15, -0.1) is 0 Å². The van der Waals surface area contributed by atoms with E-state index in [1.54, 1.807) is 17.0 Å². The van der Waals surface area contributed by atoms with E-state index in [1.807, 2.05) is 12.1 Å². The fourth-order valence-electron chi connectivity index (χ4n) is 3.72. The highest BCUT2D eigenvalue weighted by Crippen LogP contribution is 2.43. The molecule has 0 bridgehead atoms. The molecule has 0 radical (unpaired) electrons. The molecular formula is C19H18F3NO4S. The van der Waals surface area contributed by atoms with E-state index in [0.29, 0.717) is 37.7 Å². The Morgan fingerprint density at radius 1 is 1.00 bits per heavy atom. The molecule has 0 unspecified atom stereocenters. The molecule has 0 N–H and O–H groups in total. The number of alkyl halides is 3. The lowest BCUT2D eigenvalue weighted by Crippen LogP contribution is -2.28. The van der Waals surface area contributed by atoms with Crippen molar-refractivity contribution in [1.82, 2.24) is 0 Å². The second kappa shape index (κ2) is 6.88. The van der Waals surface area contributed by atoms with Crippen molar-refractivity contribution in [3.05, 3.63) is 48.0 Å². The van der Waals surface area contributed by atoms with E-state index < -0.39 is 20.2 Å². The largest absolute Gasteiger partial charge is 0.501 e. The van der Waals surface area contributed by atoms with Crippen LogP contribution < -0.4 is 14.4 Å². The summed E-state index contributed by atoms with van der Waals surface area (Å²) in [6.45, 7) is 1.35. The van der Waals surface area contributed by atoms with Gasteiger partial charge in [0.15, 0.2) is 11.5 Å². The minimum Gasteiger partial charge on any atom is -0.486 e. The van der Waals surface area contributed by atoms with Gasteiger partial charge >= 0.3 is 5.51 Å². The summed E-state index contributed by atoms with van der Waals surface area (Å²) in [7, 11) is -5.45. The molecule has 1 fully saturated rings. The third-order valence-corrected chi connectivity index (χ3v) is 6.51. The molecule has 4 rings (SSSR count). The maximum absolute atomic E-state index is 13.2. The zero-order chi connectivity index (χ0) is 19.9. The monoisotopic (exact) mass is 413 g/mol. The number of benzene rings is 2. The molecule has 2 aliphatic rings. The SMILES string of the molecule is O=S(=O)(c1ccccc1N1CCC[C@@H]1c1ccc2c(c1)OCCO2)C(F)(F)F. The second-order valence-electron chi connectivity index (χ2n) is 6.67. The van der Waals surface area contributed by atoms with Gasteiger partial charge in [0.05, 0.1) is 16.6 Å². The first-order valence-electron chi connectivity index (χ1n) is 8.85. The van der Waals surface area contributed by atoms with Gasteiger partial charge in [-0.3, -0.25) is 0 Å². The van der Waals surface area contributed by atoms with Crippen LogP contribution in [-0.4, -0.2) is 33.7 Å². The predicted octanol–water partition coefficient (Wildman–Crippen LogP) is 4.09. The Labute approximate surface area is 160 Å². The molecule has 5 nitrogen and oxygen atoms in total. The molecule has 1 atom stereocenters. The van der Waals surface area contributed by atoms with Crippen LogP contribution in [-0.2, 0) is 9.84 Å². The summed E-state index contributed by atoms with van der Waals surface area (Å²) in [6.07, 6.45) is 1.43. The number of rotatable bonds is 3. The molecule has 0 amide bonds. The molecule has 2 aliphatic heterocycles. The number of ether oxygens (including phenoxy) is 2. The highest BCUT2D eigenvalue weighted by Gasteiger charge is 2.48. The van der Waals surface area contributed by atoms with Crippen molar-refractivity contribution < 1.29 is 31.1 Å². The highest BCUT2D eigenvalue weighted by molar-refractivity contribution is 7.92. The van der Waals surface area contributed by atoms with Gasteiger partial charge in [-0.25, -0.2) is 8.42 Å². The first kappa shape index (κ1) is 18.9. The van der Waals surface area contributed by atoms with E-state index in [2.05, 4.69) is 0 Å². The van der Waals surface area contributed by atoms with E-state index in [9.17, 15) is 21.6 Å². The molecule has 2 aromatic carbocycles. The molecule has 9 heteroatoms. The first-order chi connectivity index (χ1) is 13.3. The third kappa shape index (κ3) is 3.17. The molecule has 2 aromatic rings. The van der Waals surface area contributed by atoms with Gasteiger partial charge in [-0.2, -0.15) is 13.2 Å². The lowest BCUT2D eigenvalue weighted by atomic mass is 10.0. The van der Waals surface area contributed by atoms with Gasteiger partial charge in [0, 0.05) is 6.54 Å². The number of nitrogens with zero attached hydrogens (tertiary/aromatic N) is 1. The number of sulfone groups is 1. The fraction of sp³-hybridized carbons (Fsp3) is 0.368. The van der Waals surface area contributed by atoms with Crippen LogP contribution in [0.25, 0.3) is 0 Å². The molecule has 0 saturated carbocycles. The predicted molar refractivity (Wildman–Crippen MR) is 96.4 cm³/mol. The first-order valence-corrected chi connectivity index (χ1v) is 10.3. The van der Waals surface area contributed by atoms with Crippen molar-refractivity contribution in [3.63, 3.8) is 0 Å². The third-order valence-electron chi connectivity index (χ3n) is 4.97. The van der Waals surface area contributed by atoms with Crippen molar-refractivity contribution in [1.29, 1.82) is 0 Å². The van der Waals surface area contributed by atoms with Gasteiger partial charge in [-0.1, -0.05) is 18.2 Å². The summed E-state index contributed by atoms with van der Waals surface area (Å²) >= 11 is 0. The Bertz CT molecular complexity index is 991. The lowest BCUT2D eigenvalue weighted by molar-refractivity contribution is -0.0435. The van der Waals surface area contributed by atoms with E-state index in [4.69, 9.17) is 9.47 Å². The maximum atomic E-state index is 13.2. The Hall–Kier alpha value is -2.42. The van der Waals surface area contributed by atoms with Crippen LogP contribution in [0.2, 0.25) is 0 Å². The zero-order valence-electron chi connectivity index (χ0n) is 14.8. The average molecular weight is 413 g/mol. The van der Waals surface area contributed by atoms with E-state index in [1.165, 1.54) is 12.1 Å². The van der Waals surface area contributed by atoms with Gasteiger partial charge in [-0.05, 0) is 42.7 Å². The van der Waals surface area contributed by atoms with E-state index in [-0.39, 0.29) is 11.7 Å². The summed E-state index contributed by atoms with van der Waals surface area (Å²) in [5, 5.41) is 0. The summed E-state index contributed by atoms with van der Waals surface area (Å²) < 4.78 is 74.7. The van der Waals surface area contributed by atoms with Gasteiger partial charge in [0.1, 0.15) is 13.2 Å². The summed E-state index contributed by atoms with van der Waals surface area (Å²) in [4.78, 5) is 1.01. The lowest BCUT2D eigenvalue weighted by Gasteiger charge is -2.30. The van der Waals surface area contributed by atoms with Crippen LogP contribution in [0, 0.1) is 0 Å². The van der Waals surface area contributed by atoms with Crippen LogP contribution >= 0.6 is 0 Å². The Balaban J connectivity index is 1.74. The van der Waals surface area contributed by atoms with Gasteiger partial charge in [0.2, 0.25) is 0 Å². The van der Waals surface area contributed by atoms with Crippen LogP contribution in [0.5, 0.6) is 11.5 Å². The molecule has 1 saturated heterocycles. The van der Waals surface area contributed by atoms with Gasteiger partial charge < -0.3 is 14.4 Å². The van der Waals surface area contributed by atoms with Crippen LogP contribution in [0.4, 0.5) is 18.9 Å². The molecule has 0 aliphatic carbocycles. The number of hydrogen-bond acceptors (Lipinski definition) is 5. The number of fused-ring (bicyclic) bond motifs is 1. The highest BCUT2D eigenvalue weighted by atomic mass is 32.2. The number of halogens is 3. The molecule has 28 heavy (non-hydrogen) atoms. The normalized spacial score (nSPS) is 19.7. The number of para-hydroxylation sites is 1. The fourth-order valence-corrected chi connectivity index (χ4v) is 4.68. The van der Waals surface area contributed by atoms with Crippen molar-refractivity contribution in [3.8, 4) is 11.5 Å². The number of hydrogen-bond donors (Lipinski definition) is 0. The standard InChI is InChI=1S/C19H18F3NO4S/c20-19(21,22)28(24,25)18-6-2-1-4-15(18)23-9-3-5-14(23)13-7-8-16-17(12-13)27-11-10-26-16/h1-2,4,6-8,12,14H,3,5,9-11H2/t14-/m1/s1. The maximum Gasteiger partial charge on any atom is 0.501 e. The quantitative estimate of drug-likeness (QED) is 0.759. The van der Waals surface area contributed by atoms with E-state index in [0.717, 1.165) is 18.1 Å². The van der Waals surface area contributed by atoms with Crippen molar-refractivity contribution >= 4 is 15.5 Å². The van der Waals surface area contributed by atoms with Crippen molar-refractivity contribution in [2.24, 2.45) is 0 Å². The van der Waals surface area contributed by atoms with Crippen LogP contribution in [0.15, 0.2) is 47.4 Å². The van der Waals surface area contributed by atoms with Crippen molar-refractivity contribution in [2.45, 2.75) is 29.3 Å². The van der Waals surface area contributed by atoms with Crippen LogP contribution in [0.3, 0.4) is 0 Å². The molecule has 0 aromatic heterocycles. The summed E-state index contributed by atoms with van der Waals surface area (Å²) in [6, 6.07) is 10.5. The van der Waals surface area contributed by atoms with Gasteiger partial charge in [0.25, 0.3) is 9.84 Å². The summed E-state index contributed by atoms with van der Waals surface area (Å²) in [5.74, 6) is 1.21. The zero-order valence-corrected chi connectivity index (χ0v) is 15.6. The molecular weight excluding hydrogens is 395 g/mol. The number of anilines is 1. The topological polar surface area (TPSA) is 55.8 Å². The van der Waals surface area contributed by atoms with Crippen LogP contribution in [0.1, 0.15) is 24.4 Å². The Morgan fingerprint density at radius 3 is 2.46 bits per heavy atom. The Kier molecular flexibility index (Phi) is 4.65. The minimum atomic E-state index is -5.45. The Morgan fingerprint density at radius 2 is 1.71 bits per heavy atom. The average Bonchev–Trinajstić information content (AvgIpc) is 3.16.